The topological polar surface area (TPSA) is 64.1 Å². The van der Waals surface area contributed by atoms with E-state index in [0.29, 0.717) is 24.1 Å². The summed E-state index contributed by atoms with van der Waals surface area (Å²) in [4.78, 5) is 20.0. The number of rotatable bonds is 5. The zero-order chi connectivity index (χ0) is 14.7. The lowest BCUT2D eigenvalue weighted by Gasteiger charge is -2.06. The molecule has 0 saturated heterocycles. The molecule has 0 bridgehead atoms. The minimum Gasteiger partial charge on any atom is -0.476 e. The second kappa shape index (κ2) is 5.87. The molecule has 0 aliphatic heterocycles. The van der Waals surface area contributed by atoms with E-state index in [4.69, 9.17) is 4.74 Å². The average Bonchev–Trinajstić information content (AvgIpc) is 3.30. The normalized spacial score (nSPS) is 13.8. The van der Waals surface area contributed by atoms with Crippen molar-refractivity contribution in [1.82, 2.24) is 9.97 Å². The Labute approximate surface area is 121 Å². The fourth-order valence-corrected chi connectivity index (χ4v) is 1.76. The summed E-state index contributed by atoms with van der Waals surface area (Å²) in [6.45, 7) is 0.642. The zero-order valence-corrected chi connectivity index (χ0v) is 11.3. The van der Waals surface area contributed by atoms with Crippen LogP contribution < -0.4 is 10.1 Å². The van der Waals surface area contributed by atoms with Crippen LogP contribution >= 0.6 is 0 Å². The molecule has 1 heterocycles. The molecule has 0 radical (unpaired) electrons. The third-order valence-electron chi connectivity index (χ3n) is 3.11. The van der Waals surface area contributed by atoms with Crippen molar-refractivity contribution in [3.05, 3.63) is 48.2 Å². The number of carbonyl (C=O) groups excluding carboxylic acids is 1. The van der Waals surface area contributed by atoms with E-state index in [-0.39, 0.29) is 5.69 Å². The number of carbonyl (C=O) groups is 1. The monoisotopic (exact) mass is 287 g/mol. The summed E-state index contributed by atoms with van der Waals surface area (Å²) in [5.41, 5.74) is 0.522. The van der Waals surface area contributed by atoms with Gasteiger partial charge in [-0.15, -0.1) is 0 Å². The van der Waals surface area contributed by atoms with E-state index in [9.17, 15) is 9.18 Å². The van der Waals surface area contributed by atoms with Gasteiger partial charge in [-0.3, -0.25) is 4.79 Å². The molecule has 0 unspecified atom stereocenters. The molecule has 1 aliphatic carbocycles. The van der Waals surface area contributed by atoms with Crippen molar-refractivity contribution >= 4 is 11.6 Å². The molecule has 1 saturated carbocycles. The Morgan fingerprint density at radius 2 is 2.19 bits per heavy atom. The van der Waals surface area contributed by atoms with Crippen LogP contribution in [-0.2, 0) is 0 Å². The van der Waals surface area contributed by atoms with Crippen LogP contribution in [0.2, 0.25) is 0 Å². The molecule has 108 valence electrons. The van der Waals surface area contributed by atoms with Crippen molar-refractivity contribution in [3.8, 4) is 5.88 Å². The molecule has 5 nitrogen and oxygen atoms in total. The Balaban J connectivity index is 1.61. The quantitative estimate of drug-likeness (QED) is 0.918. The van der Waals surface area contributed by atoms with Crippen molar-refractivity contribution in [3.63, 3.8) is 0 Å². The fourth-order valence-electron chi connectivity index (χ4n) is 1.76. The number of hydrogen-bond acceptors (Lipinski definition) is 4. The lowest BCUT2D eigenvalue weighted by atomic mass is 10.3. The highest BCUT2D eigenvalue weighted by Gasteiger charge is 2.22. The van der Waals surface area contributed by atoms with Gasteiger partial charge in [-0.05, 0) is 37.0 Å². The average molecular weight is 287 g/mol. The molecular formula is C15H14FN3O2. The molecule has 1 amide bonds. The molecule has 1 aliphatic rings. The standard InChI is InChI=1S/C15H14FN3O2/c16-11-2-1-3-12(6-11)19-15(20)13-7-18-14(8-17-13)21-9-10-4-5-10/h1-3,6-8,10H,4-5,9H2,(H,19,20). The maximum absolute atomic E-state index is 13.0. The number of ether oxygens (including phenoxy) is 1. The molecule has 1 N–H and O–H groups in total. The number of halogens is 1. The van der Waals surface area contributed by atoms with Crippen LogP contribution in [0.3, 0.4) is 0 Å². The van der Waals surface area contributed by atoms with Gasteiger partial charge >= 0.3 is 0 Å². The van der Waals surface area contributed by atoms with Gasteiger partial charge in [-0.1, -0.05) is 6.07 Å². The zero-order valence-electron chi connectivity index (χ0n) is 11.3. The van der Waals surface area contributed by atoms with E-state index in [1.165, 1.54) is 43.4 Å². The Bertz CT molecular complexity index is 642. The van der Waals surface area contributed by atoms with Gasteiger partial charge in [0.15, 0.2) is 0 Å². The van der Waals surface area contributed by atoms with Gasteiger partial charge in [0, 0.05) is 5.69 Å². The van der Waals surface area contributed by atoms with Crippen molar-refractivity contribution in [2.24, 2.45) is 5.92 Å². The van der Waals surface area contributed by atoms with Crippen LogP contribution in [0.25, 0.3) is 0 Å². The smallest absolute Gasteiger partial charge is 0.275 e. The van der Waals surface area contributed by atoms with Gasteiger partial charge in [0.1, 0.15) is 11.5 Å². The van der Waals surface area contributed by atoms with Crippen LogP contribution in [-0.4, -0.2) is 22.5 Å². The highest BCUT2D eigenvalue weighted by molar-refractivity contribution is 6.02. The van der Waals surface area contributed by atoms with Crippen LogP contribution in [0.1, 0.15) is 23.3 Å². The first-order valence-corrected chi connectivity index (χ1v) is 6.72. The number of nitrogens with one attached hydrogen (secondary N) is 1. The number of aromatic nitrogens is 2. The maximum atomic E-state index is 13.0. The van der Waals surface area contributed by atoms with Crippen molar-refractivity contribution in [1.29, 1.82) is 0 Å². The minimum atomic E-state index is -0.443. The van der Waals surface area contributed by atoms with Gasteiger partial charge in [-0.2, -0.15) is 0 Å². The summed E-state index contributed by atoms with van der Waals surface area (Å²) in [5.74, 6) is 0.177. The second-order valence-corrected chi connectivity index (χ2v) is 4.96. The largest absolute Gasteiger partial charge is 0.476 e. The summed E-state index contributed by atoms with van der Waals surface area (Å²) in [6, 6.07) is 5.66. The molecule has 21 heavy (non-hydrogen) atoms. The van der Waals surface area contributed by atoms with Gasteiger partial charge in [-0.25, -0.2) is 14.4 Å². The Hall–Kier alpha value is -2.50. The number of nitrogens with zero attached hydrogens (tertiary/aromatic N) is 2. The highest BCUT2D eigenvalue weighted by Crippen LogP contribution is 2.29. The summed E-state index contributed by atoms with van der Waals surface area (Å²) < 4.78 is 18.5. The summed E-state index contributed by atoms with van der Waals surface area (Å²) in [7, 11) is 0. The highest BCUT2D eigenvalue weighted by atomic mass is 19.1. The van der Waals surface area contributed by atoms with Gasteiger partial charge in [0.2, 0.25) is 5.88 Å². The maximum Gasteiger partial charge on any atom is 0.275 e. The van der Waals surface area contributed by atoms with Crippen LogP contribution in [0, 0.1) is 11.7 Å². The van der Waals surface area contributed by atoms with Gasteiger partial charge in [0.25, 0.3) is 5.91 Å². The number of benzene rings is 1. The van der Waals surface area contributed by atoms with E-state index >= 15 is 0 Å². The predicted octanol–water partition coefficient (Wildman–Crippen LogP) is 2.66. The van der Waals surface area contributed by atoms with Crippen LogP contribution in [0.15, 0.2) is 36.7 Å². The van der Waals surface area contributed by atoms with Crippen molar-refractivity contribution < 1.29 is 13.9 Å². The molecule has 1 aromatic heterocycles. The lowest BCUT2D eigenvalue weighted by Crippen LogP contribution is -2.14. The van der Waals surface area contributed by atoms with Crippen LogP contribution in [0.4, 0.5) is 10.1 Å². The SMILES string of the molecule is O=C(Nc1cccc(F)c1)c1cnc(OCC2CC2)cn1. The number of anilines is 1. The molecule has 6 heteroatoms. The lowest BCUT2D eigenvalue weighted by molar-refractivity contribution is 0.102. The molecule has 0 spiro atoms. The first kappa shape index (κ1) is 13.5. The van der Waals surface area contributed by atoms with E-state index < -0.39 is 11.7 Å². The van der Waals surface area contributed by atoms with Gasteiger partial charge in [0.05, 0.1) is 19.0 Å². The number of hydrogen-bond donors (Lipinski definition) is 1. The van der Waals surface area contributed by atoms with Crippen molar-refractivity contribution in [2.75, 3.05) is 11.9 Å². The third-order valence-corrected chi connectivity index (χ3v) is 3.11. The molecule has 0 atom stereocenters. The molecule has 3 rings (SSSR count). The van der Waals surface area contributed by atoms with E-state index in [0.717, 1.165) is 0 Å². The Kier molecular flexibility index (Phi) is 3.77. The Morgan fingerprint density at radius 3 is 2.86 bits per heavy atom. The Morgan fingerprint density at radius 1 is 1.33 bits per heavy atom. The summed E-state index contributed by atoms with van der Waals surface area (Å²) >= 11 is 0. The first-order chi connectivity index (χ1) is 10.2. The second-order valence-electron chi connectivity index (χ2n) is 4.96. The first-order valence-electron chi connectivity index (χ1n) is 6.72. The van der Waals surface area contributed by atoms with Crippen molar-refractivity contribution in [2.45, 2.75) is 12.8 Å². The summed E-state index contributed by atoms with van der Waals surface area (Å²) in [6.07, 6.45) is 5.16. The van der Waals surface area contributed by atoms with Gasteiger partial charge < -0.3 is 10.1 Å². The molecule has 1 fully saturated rings. The molecule has 2 aromatic rings. The van der Waals surface area contributed by atoms with Crippen LogP contribution in [0.5, 0.6) is 5.88 Å². The molecule has 1 aromatic carbocycles. The molecular weight excluding hydrogens is 273 g/mol. The fraction of sp³-hybridized carbons (Fsp3) is 0.267. The predicted molar refractivity (Wildman–Crippen MR) is 74.6 cm³/mol. The van der Waals surface area contributed by atoms with E-state index in [1.807, 2.05) is 0 Å². The van der Waals surface area contributed by atoms with E-state index in [1.54, 1.807) is 6.07 Å². The summed E-state index contributed by atoms with van der Waals surface area (Å²) in [5, 5.41) is 2.56. The third kappa shape index (κ3) is 3.75. The van der Waals surface area contributed by atoms with E-state index in [2.05, 4.69) is 15.3 Å². The minimum absolute atomic E-state index is 0.151. The number of amides is 1.